The van der Waals surface area contributed by atoms with Crippen molar-refractivity contribution in [1.29, 1.82) is 0 Å². The Morgan fingerprint density at radius 2 is 2.07 bits per heavy atom. The SMILES string of the molecule is CN(C)CCNC(=O)[C@@H]1Cn2ccnc2C2(CCN(C(=O)CC3CC3)CC2)O1. The standard InChI is InChI=1S/C20H31N5O3/c1-23(2)11-7-21-18(27)16-14-25-12-8-22-19(25)20(28-16)5-9-24(10-6-20)17(26)13-15-3-4-15/h8,12,15-16H,3-7,9-11,13-14H2,1-2H3,(H,21,27)/t16-/m0/s1. The van der Waals surface area contributed by atoms with Crippen molar-refractivity contribution in [3.05, 3.63) is 18.2 Å². The fourth-order valence-electron chi connectivity index (χ4n) is 4.21. The molecule has 8 nitrogen and oxygen atoms in total. The van der Waals surface area contributed by atoms with Crippen LogP contribution in [0.25, 0.3) is 0 Å². The predicted molar refractivity (Wildman–Crippen MR) is 103 cm³/mol. The van der Waals surface area contributed by atoms with E-state index in [-0.39, 0.29) is 11.8 Å². The number of imidazole rings is 1. The van der Waals surface area contributed by atoms with Gasteiger partial charge in [-0.25, -0.2) is 4.98 Å². The second kappa shape index (κ2) is 7.83. The minimum Gasteiger partial charge on any atom is -0.352 e. The zero-order valence-corrected chi connectivity index (χ0v) is 16.9. The molecule has 1 atom stereocenters. The van der Waals surface area contributed by atoms with Gasteiger partial charge in [0, 0.05) is 57.8 Å². The Hall–Kier alpha value is -1.93. The molecule has 2 amide bonds. The van der Waals surface area contributed by atoms with Gasteiger partial charge in [0.25, 0.3) is 5.91 Å². The van der Waals surface area contributed by atoms with Crippen molar-refractivity contribution < 1.29 is 14.3 Å². The highest BCUT2D eigenvalue weighted by Crippen LogP contribution is 2.41. The third-order valence-corrected chi connectivity index (χ3v) is 6.09. The number of aromatic nitrogens is 2. The summed E-state index contributed by atoms with van der Waals surface area (Å²) in [6.07, 6.45) is 7.59. The number of carbonyl (C=O) groups excluding carboxylic acids is 2. The summed E-state index contributed by atoms with van der Waals surface area (Å²) in [5.41, 5.74) is -0.582. The zero-order chi connectivity index (χ0) is 19.7. The molecule has 0 bridgehead atoms. The molecule has 1 aromatic heterocycles. The van der Waals surface area contributed by atoms with Crippen molar-refractivity contribution >= 4 is 11.8 Å². The lowest BCUT2D eigenvalue weighted by Gasteiger charge is -2.45. The zero-order valence-electron chi connectivity index (χ0n) is 16.9. The van der Waals surface area contributed by atoms with Gasteiger partial charge >= 0.3 is 0 Å². The summed E-state index contributed by atoms with van der Waals surface area (Å²) in [7, 11) is 3.96. The largest absolute Gasteiger partial charge is 0.352 e. The molecule has 3 aliphatic rings. The number of nitrogens with zero attached hydrogens (tertiary/aromatic N) is 4. The predicted octanol–water partition coefficient (Wildman–Crippen LogP) is 0.578. The van der Waals surface area contributed by atoms with E-state index in [1.807, 2.05) is 34.7 Å². The molecule has 0 radical (unpaired) electrons. The van der Waals surface area contributed by atoms with Crippen LogP contribution in [0.5, 0.6) is 0 Å². The molecule has 1 aliphatic carbocycles. The number of nitrogens with one attached hydrogen (secondary N) is 1. The van der Waals surface area contributed by atoms with E-state index in [2.05, 4.69) is 10.3 Å². The molecule has 0 unspecified atom stereocenters. The number of ether oxygens (including phenoxy) is 1. The van der Waals surface area contributed by atoms with Crippen LogP contribution in [0.2, 0.25) is 0 Å². The Balaban J connectivity index is 1.41. The molecule has 28 heavy (non-hydrogen) atoms. The van der Waals surface area contributed by atoms with Crippen LogP contribution < -0.4 is 5.32 Å². The number of hydrogen-bond acceptors (Lipinski definition) is 5. The van der Waals surface area contributed by atoms with Crippen LogP contribution in [0.1, 0.15) is 37.9 Å². The first-order valence-corrected chi connectivity index (χ1v) is 10.4. The summed E-state index contributed by atoms with van der Waals surface area (Å²) in [5, 5.41) is 2.98. The Kier molecular flexibility index (Phi) is 5.42. The van der Waals surface area contributed by atoms with Crippen molar-refractivity contribution in [1.82, 2.24) is 24.7 Å². The Morgan fingerprint density at radius 1 is 1.32 bits per heavy atom. The highest BCUT2D eigenvalue weighted by atomic mass is 16.5. The Morgan fingerprint density at radius 3 is 2.75 bits per heavy atom. The summed E-state index contributed by atoms with van der Waals surface area (Å²) >= 11 is 0. The van der Waals surface area contributed by atoms with Gasteiger partial charge in [-0.15, -0.1) is 0 Å². The van der Waals surface area contributed by atoms with E-state index in [1.54, 1.807) is 6.20 Å². The lowest BCUT2D eigenvalue weighted by atomic mass is 9.88. The minimum atomic E-state index is -0.582. The van der Waals surface area contributed by atoms with Crippen LogP contribution in [0, 0.1) is 5.92 Å². The molecule has 1 spiro atoms. The van der Waals surface area contributed by atoms with E-state index >= 15 is 0 Å². The van der Waals surface area contributed by atoms with Crippen LogP contribution in [-0.4, -0.2) is 77.5 Å². The van der Waals surface area contributed by atoms with Gasteiger partial charge in [-0.2, -0.15) is 0 Å². The molecule has 154 valence electrons. The van der Waals surface area contributed by atoms with Gasteiger partial charge in [0.1, 0.15) is 11.4 Å². The van der Waals surface area contributed by atoms with Gasteiger partial charge in [0.05, 0.1) is 6.54 Å². The molecule has 2 aliphatic heterocycles. The second-order valence-corrected chi connectivity index (χ2v) is 8.63. The second-order valence-electron chi connectivity index (χ2n) is 8.63. The van der Waals surface area contributed by atoms with Crippen molar-refractivity contribution in [2.24, 2.45) is 5.92 Å². The summed E-state index contributed by atoms with van der Waals surface area (Å²) < 4.78 is 8.44. The molecule has 1 saturated heterocycles. The van der Waals surface area contributed by atoms with Gasteiger partial charge in [-0.3, -0.25) is 9.59 Å². The number of carbonyl (C=O) groups is 2. The first-order chi connectivity index (χ1) is 13.5. The maximum Gasteiger partial charge on any atom is 0.251 e. The van der Waals surface area contributed by atoms with E-state index in [4.69, 9.17) is 4.74 Å². The third-order valence-electron chi connectivity index (χ3n) is 6.09. The molecule has 2 fully saturated rings. The average molecular weight is 390 g/mol. The van der Waals surface area contributed by atoms with Gasteiger partial charge in [0.15, 0.2) is 6.10 Å². The first kappa shape index (κ1) is 19.4. The average Bonchev–Trinajstić information content (AvgIpc) is 3.34. The minimum absolute atomic E-state index is 0.0761. The molecule has 1 saturated carbocycles. The molecular formula is C20H31N5O3. The third kappa shape index (κ3) is 4.07. The van der Waals surface area contributed by atoms with Gasteiger partial charge < -0.3 is 24.4 Å². The summed E-state index contributed by atoms with van der Waals surface area (Å²) in [6.45, 7) is 3.19. The maximum absolute atomic E-state index is 12.7. The number of amides is 2. The highest BCUT2D eigenvalue weighted by molar-refractivity contribution is 5.81. The summed E-state index contributed by atoms with van der Waals surface area (Å²) in [5.74, 6) is 1.67. The van der Waals surface area contributed by atoms with Crippen LogP contribution in [0.3, 0.4) is 0 Å². The molecular weight excluding hydrogens is 358 g/mol. The lowest BCUT2D eigenvalue weighted by molar-refractivity contribution is -0.176. The fraction of sp³-hybridized carbons (Fsp3) is 0.750. The number of likely N-dealkylation sites (tertiary alicyclic amines) is 1. The number of fused-ring (bicyclic) bond motifs is 2. The summed E-state index contributed by atoms with van der Waals surface area (Å²) in [4.78, 5) is 33.7. The van der Waals surface area contributed by atoms with Crippen LogP contribution >= 0.6 is 0 Å². The quantitative estimate of drug-likeness (QED) is 0.770. The van der Waals surface area contributed by atoms with Crippen molar-refractivity contribution in [2.45, 2.75) is 50.4 Å². The van der Waals surface area contributed by atoms with Gasteiger partial charge in [-0.1, -0.05) is 0 Å². The van der Waals surface area contributed by atoms with Crippen LogP contribution in [0.15, 0.2) is 12.4 Å². The van der Waals surface area contributed by atoms with E-state index in [0.29, 0.717) is 51.4 Å². The molecule has 4 rings (SSSR count). The number of piperidine rings is 1. The van der Waals surface area contributed by atoms with E-state index in [0.717, 1.165) is 12.4 Å². The monoisotopic (exact) mass is 389 g/mol. The topological polar surface area (TPSA) is 79.7 Å². The van der Waals surface area contributed by atoms with Crippen LogP contribution in [0.4, 0.5) is 0 Å². The molecule has 8 heteroatoms. The smallest absolute Gasteiger partial charge is 0.251 e. The van der Waals surface area contributed by atoms with Crippen molar-refractivity contribution in [2.75, 3.05) is 40.3 Å². The highest BCUT2D eigenvalue weighted by Gasteiger charge is 2.47. The molecule has 1 aromatic rings. The molecule has 0 aromatic carbocycles. The van der Waals surface area contributed by atoms with Gasteiger partial charge in [-0.05, 0) is 32.9 Å². The fourth-order valence-corrected chi connectivity index (χ4v) is 4.21. The number of likely N-dealkylation sites (N-methyl/N-ethyl adjacent to an activating group) is 1. The normalized spacial score (nSPS) is 23.7. The summed E-state index contributed by atoms with van der Waals surface area (Å²) in [6, 6.07) is 0. The molecule has 3 heterocycles. The maximum atomic E-state index is 12.7. The van der Waals surface area contributed by atoms with Gasteiger partial charge in [0.2, 0.25) is 5.91 Å². The first-order valence-electron chi connectivity index (χ1n) is 10.4. The van der Waals surface area contributed by atoms with Crippen molar-refractivity contribution in [3.63, 3.8) is 0 Å². The number of rotatable bonds is 6. The molecule has 1 N–H and O–H groups in total. The van der Waals surface area contributed by atoms with E-state index < -0.39 is 11.7 Å². The van der Waals surface area contributed by atoms with Crippen molar-refractivity contribution in [3.8, 4) is 0 Å². The van der Waals surface area contributed by atoms with E-state index in [1.165, 1.54) is 12.8 Å². The van der Waals surface area contributed by atoms with Crippen LogP contribution in [-0.2, 0) is 26.5 Å². The number of hydrogen-bond donors (Lipinski definition) is 1. The Bertz CT molecular complexity index is 719. The van der Waals surface area contributed by atoms with E-state index in [9.17, 15) is 9.59 Å². The lowest BCUT2D eigenvalue weighted by Crippen LogP contribution is -2.55. The Labute approximate surface area is 166 Å².